The van der Waals surface area contributed by atoms with Gasteiger partial charge in [-0.3, -0.25) is 4.79 Å². The van der Waals surface area contributed by atoms with Crippen molar-refractivity contribution in [3.05, 3.63) is 57.8 Å². The molecule has 0 bridgehead atoms. The summed E-state index contributed by atoms with van der Waals surface area (Å²) in [4.78, 5) is 19.4. The van der Waals surface area contributed by atoms with E-state index in [0.717, 1.165) is 12.1 Å². The van der Waals surface area contributed by atoms with Crippen LogP contribution in [0.3, 0.4) is 0 Å². The minimum Gasteiger partial charge on any atom is -0.366 e. The number of fused-ring (bicyclic) bond motifs is 1. The third-order valence-electron chi connectivity index (χ3n) is 5.92. The molecule has 0 unspecified atom stereocenters. The second kappa shape index (κ2) is 9.83. The zero-order valence-corrected chi connectivity index (χ0v) is 22.0. The number of hydrogen-bond donors (Lipinski definition) is 0. The Kier molecular flexibility index (Phi) is 7.21. The van der Waals surface area contributed by atoms with Gasteiger partial charge in [-0.05, 0) is 46.6 Å². The number of anilines is 1. The summed E-state index contributed by atoms with van der Waals surface area (Å²) in [6.07, 6.45) is 2.31. The fraction of sp³-hybridized carbons (Fsp3) is 0.417. The van der Waals surface area contributed by atoms with Crippen LogP contribution in [0.15, 0.2) is 35.1 Å². The van der Waals surface area contributed by atoms with Crippen LogP contribution in [-0.4, -0.2) is 49.3 Å². The third-order valence-corrected chi connectivity index (χ3v) is 8.06. The van der Waals surface area contributed by atoms with E-state index >= 15 is 4.39 Å². The summed E-state index contributed by atoms with van der Waals surface area (Å²) in [5, 5.41) is 0.461. The van der Waals surface area contributed by atoms with Crippen LogP contribution in [0, 0.1) is 11.6 Å². The highest BCUT2D eigenvalue weighted by molar-refractivity contribution is 9.10. The zero-order valence-electron chi connectivity index (χ0n) is 19.4. The summed E-state index contributed by atoms with van der Waals surface area (Å²) in [5.74, 6) is -2.73. The van der Waals surface area contributed by atoms with E-state index in [9.17, 15) is 13.6 Å². The van der Waals surface area contributed by atoms with E-state index in [0.29, 0.717) is 28.7 Å². The van der Waals surface area contributed by atoms with Crippen LogP contribution in [0.2, 0.25) is 25.7 Å². The first-order valence-electron chi connectivity index (χ1n) is 11.2. The SMILES string of the molecule is C[Si](C)(C)CCOCn1cc(C(=O)c2c(F)ccc(N3CC[C@@H](F)C3)c2F)c2cc(Br)cnc21. The molecule has 5 nitrogen and oxygen atoms in total. The lowest BCUT2D eigenvalue weighted by Gasteiger charge is -2.19. The van der Waals surface area contributed by atoms with Crippen molar-refractivity contribution in [1.29, 1.82) is 0 Å². The number of halogens is 4. The van der Waals surface area contributed by atoms with Crippen LogP contribution >= 0.6 is 15.9 Å². The monoisotopic (exact) mass is 553 g/mol. The molecule has 0 spiro atoms. The van der Waals surface area contributed by atoms with Crippen molar-refractivity contribution in [3.63, 3.8) is 0 Å². The van der Waals surface area contributed by atoms with E-state index in [4.69, 9.17) is 4.74 Å². The van der Waals surface area contributed by atoms with Crippen molar-refractivity contribution in [1.82, 2.24) is 9.55 Å². The molecule has 1 fully saturated rings. The van der Waals surface area contributed by atoms with Crippen LogP contribution < -0.4 is 4.90 Å². The van der Waals surface area contributed by atoms with Gasteiger partial charge < -0.3 is 14.2 Å². The largest absolute Gasteiger partial charge is 0.366 e. The fourth-order valence-corrected chi connectivity index (χ4v) is 5.12. The molecule has 1 aromatic carbocycles. The summed E-state index contributed by atoms with van der Waals surface area (Å²) in [7, 11) is -1.27. The second-order valence-corrected chi connectivity index (χ2v) is 16.3. The Morgan fingerprint density at radius 1 is 1.29 bits per heavy atom. The second-order valence-electron chi connectivity index (χ2n) is 9.80. The summed E-state index contributed by atoms with van der Waals surface area (Å²) in [6, 6.07) is 5.00. The van der Waals surface area contributed by atoms with Gasteiger partial charge in [0.2, 0.25) is 5.78 Å². The Balaban J connectivity index is 1.70. The van der Waals surface area contributed by atoms with Crippen LogP contribution in [0.5, 0.6) is 0 Å². The summed E-state index contributed by atoms with van der Waals surface area (Å²) < 4.78 is 52.0. The molecule has 2 aromatic heterocycles. The van der Waals surface area contributed by atoms with Gasteiger partial charge in [-0.15, -0.1) is 0 Å². The highest BCUT2D eigenvalue weighted by atomic mass is 79.9. The average Bonchev–Trinajstić information content (AvgIpc) is 3.34. The van der Waals surface area contributed by atoms with E-state index < -0.39 is 37.2 Å². The highest BCUT2D eigenvalue weighted by Crippen LogP contribution is 2.32. The maximum absolute atomic E-state index is 15.4. The van der Waals surface area contributed by atoms with Gasteiger partial charge in [0.1, 0.15) is 24.4 Å². The van der Waals surface area contributed by atoms with E-state index in [-0.39, 0.29) is 30.9 Å². The van der Waals surface area contributed by atoms with Gasteiger partial charge in [0.15, 0.2) is 5.82 Å². The van der Waals surface area contributed by atoms with E-state index in [1.165, 1.54) is 17.2 Å². The van der Waals surface area contributed by atoms with Gasteiger partial charge in [0, 0.05) is 50.0 Å². The van der Waals surface area contributed by atoms with Crippen molar-refractivity contribution in [3.8, 4) is 0 Å². The normalized spacial score (nSPS) is 16.6. The first-order valence-corrected chi connectivity index (χ1v) is 15.7. The number of nitrogens with zero attached hydrogens (tertiary/aromatic N) is 3. The van der Waals surface area contributed by atoms with E-state index in [1.807, 2.05) is 0 Å². The van der Waals surface area contributed by atoms with Gasteiger partial charge in [0.25, 0.3) is 0 Å². The number of ether oxygens (including phenoxy) is 1. The summed E-state index contributed by atoms with van der Waals surface area (Å²) >= 11 is 3.36. The fourth-order valence-electron chi connectivity index (χ4n) is 4.03. The maximum Gasteiger partial charge on any atom is 0.201 e. The van der Waals surface area contributed by atoms with Crippen LogP contribution in [0.25, 0.3) is 11.0 Å². The van der Waals surface area contributed by atoms with Crippen LogP contribution in [0.4, 0.5) is 18.9 Å². The standard InChI is InChI=1S/C24H27BrF3N3O2Si/c1-34(2,3)9-8-33-14-31-13-18(17-10-15(25)11-29-24(17)31)23(32)21-19(27)4-5-20(22(21)28)30-7-6-16(26)12-30/h4-5,10-11,13,16H,6-9,12,14H2,1-3H3/t16-/m1/s1. The van der Waals surface area contributed by atoms with Gasteiger partial charge in [-0.2, -0.15) is 0 Å². The molecule has 4 rings (SSSR count). The molecule has 1 saturated heterocycles. The van der Waals surface area contributed by atoms with Crippen molar-refractivity contribution in [2.24, 2.45) is 0 Å². The molecule has 34 heavy (non-hydrogen) atoms. The molecule has 1 atom stereocenters. The smallest absolute Gasteiger partial charge is 0.201 e. The van der Waals surface area contributed by atoms with Crippen LogP contribution in [-0.2, 0) is 11.5 Å². The topological polar surface area (TPSA) is 47.4 Å². The Morgan fingerprint density at radius 2 is 2.06 bits per heavy atom. The van der Waals surface area contributed by atoms with Crippen molar-refractivity contribution >= 4 is 46.5 Å². The quantitative estimate of drug-likeness (QED) is 0.190. The highest BCUT2D eigenvalue weighted by Gasteiger charge is 2.30. The van der Waals surface area contributed by atoms with Gasteiger partial charge >= 0.3 is 0 Å². The molecule has 0 saturated carbocycles. The Morgan fingerprint density at radius 3 is 2.74 bits per heavy atom. The molecule has 182 valence electrons. The summed E-state index contributed by atoms with van der Waals surface area (Å²) in [5.41, 5.74) is -0.0187. The number of rotatable bonds is 8. The first kappa shape index (κ1) is 24.9. The molecule has 0 aliphatic carbocycles. The van der Waals surface area contributed by atoms with Gasteiger partial charge in [0.05, 0.1) is 16.8 Å². The van der Waals surface area contributed by atoms with Crippen LogP contribution in [0.1, 0.15) is 22.3 Å². The number of carbonyl (C=O) groups is 1. The first-order chi connectivity index (χ1) is 16.0. The number of ketones is 1. The number of alkyl halides is 1. The van der Waals surface area contributed by atoms with Crippen molar-refractivity contribution < 1.29 is 22.7 Å². The molecule has 0 amide bonds. The Labute approximate surface area is 206 Å². The Bertz CT molecular complexity index is 1230. The molecule has 10 heteroatoms. The molecule has 0 N–H and O–H groups in total. The van der Waals surface area contributed by atoms with Gasteiger partial charge in [-0.1, -0.05) is 19.6 Å². The number of benzene rings is 1. The predicted octanol–water partition coefficient (Wildman–Crippen LogP) is 6.17. The third kappa shape index (κ3) is 5.23. The lowest BCUT2D eigenvalue weighted by molar-refractivity contribution is 0.0896. The number of pyridine rings is 1. The number of aromatic nitrogens is 2. The number of carbonyl (C=O) groups excluding carboxylic acids is 1. The van der Waals surface area contributed by atoms with Gasteiger partial charge in [-0.25, -0.2) is 18.2 Å². The zero-order chi connectivity index (χ0) is 24.6. The molecule has 3 heterocycles. The molecule has 1 aliphatic heterocycles. The maximum atomic E-state index is 15.4. The molecule has 1 aliphatic rings. The van der Waals surface area contributed by atoms with Crippen molar-refractivity contribution in [2.45, 2.75) is 45.0 Å². The molecular weight excluding hydrogens is 527 g/mol. The minimum atomic E-state index is -1.27. The predicted molar refractivity (Wildman–Crippen MR) is 133 cm³/mol. The molecular formula is C24H27BrF3N3O2Si. The Hall–Kier alpha value is -2.17. The number of hydrogen-bond acceptors (Lipinski definition) is 4. The average molecular weight is 554 g/mol. The van der Waals surface area contributed by atoms with E-state index in [2.05, 4.69) is 40.6 Å². The minimum absolute atomic E-state index is 0.0150. The van der Waals surface area contributed by atoms with E-state index in [1.54, 1.807) is 16.8 Å². The molecule has 3 aromatic rings. The van der Waals surface area contributed by atoms with Crippen molar-refractivity contribution in [2.75, 3.05) is 24.6 Å². The lowest BCUT2D eigenvalue weighted by atomic mass is 10.0. The summed E-state index contributed by atoms with van der Waals surface area (Å²) in [6.45, 7) is 7.83. The lowest BCUT2D eigenvalue weighted by Crippen LogP contribution is -2.22. The molecule has 0 radical (unpaired) electrons.